The summed E-state index contributed by atoms with van der Waals surface area (Å²) in [6.45, 7) is 4.17. The van der Waals surface area contributed by atoms with E-state index in [9.17, 15) is 4.79 Å². The van der Waals surface area contributed by atoms with E-state index in [4.69, 9.17) is 0 Å². The third-order valence-corrected chi connectivity index (χ3v) is 3.54. The van der Waals surface area contributed by atoms with Gasteiger partial charge in [-0.15, -0.1) is 0 Å². The van der Waals surface area contributed by atoms with Gasteiger partial charge in [0.25, 0.3) is 0 Å². The fourth-order valence-electron chi connectivity index (χ4n) is 2.48. The average Bonchev–Trinajstić information content (AvgIpc) is 2.39. The molecule has 0 radical (unpaired) electrons. The van der Waals surface area contributed by atoms with E-state index in [1.807, 2.05) is 42.1 Å². The zero-order chi connectivity index (χ0) is 13.8. The lowest BCUT2D eigenvalue weighted by atomic mass is 10.0. The van der Waals surface area contributed by atoms with Crippen molar-refractivity contribution in [2.24, 2.45) is 0 Å². The van der Waals surface area contributed by atoms with Gasteiger partial charge in [0, 0.05) is 25.2 Å². The van der Waals surface area contributed by atoms with E-state index in [1.165, 1.54) is 5.56 Å². The molecule has 0 spiro atoms. The van der Waals surface area contributed by atoms with E-state index in [-0.39, 0.29) is 18.0 Å². The number of hydrogen-bond donors (Lipinski definition) is 1. The highest BCUT2D eigenvalue weighted by molar-refractivity contribution is 5.78. The largest absolute Gasteiger partial charge is 0.336 e. The minimum atomic E-state index is 0.208. The number of benzene rings is 1. The zero-order valence-corrected chi connectivity index (χ0v) is 12.0. The van der Waals surface area contributed by atoms with Gasteiger partial charge in [-0.25, -0.2) is 0 Å². The van der Waals surface area contributed by atoms with Crippen LogP contribution < -0.4 is 5.32 Å². The minimum Gasteiger partial charge on any atom is -0.336 e. The number of likely N-dealkylation sites (N-methyl/N-ethyl adjacent to an activating group) is 1. The number of amides is 1. The Hall–Kier alpha value is -1.39. The van der Waals surface area contributed by atoms with Gasteiger partial charge in [-0.05, 0) is 26.6 Å². The topological polar surface area (TPSA) is 35.6 Å². The number of carbonyl (C=O) groups is 1. The molecule has 2 atom stereocenters. The Morgan fingerprint density at radius 3 is 2.68 bits per heavy atom. The van der Waals surface area contributed by atoms with Crippen LogP contribution in [0.15, 0.2) is 30.3 Å². The molecule has 104 valence electrons. The van der Waals surface area contributed by atoms with Gasteiger partial charge in [0.05, 0.1) is 6.54 Å². The highest BCUT2D eigenvalue weighted by Crippen LogP contribution is 2.19. The smallest absolute Gasteiger partial charge is 0.237 e. The van der Waals surface area contributed by atoms with Crippen molar-refractivity contribution < 1.29 is 4.79 Å². The summed E-state index contributed by atoms with van der Waals surface area (Å²) in [7, 11) is 3.86. The van der Waals surface area contributed by atoms with Crippen molar-refractivity contribution in [2.75, 3.05) is 33.7 Å². The van der Waals surface area contributed by atoms with Crippen molar-refractivity contribution in [3.05, 3.63) is 35.9 Å². The van der Waals surface area contributed by atoms with E-state index in [2.05, 4.69) is 24.4 Å². The summed E-state index contributed by atoms with van der Waals surface area (Å²) in [4.78, 5) is 16.2. The van der Waals surface area contributed by atoms with Gasteiger partial charge in [0.1, 0.15) is 0 Å². The molecule has 2 unspecified atom stereocenters. The molecular weight excluding hydrogens is 238 g/mol. The standard InChI is InChI=1S/C15H23N3O/c1-12-9-16-14(13-7-5-4-6-8-13)10-18(12)15(19)11-17(2)3/h4-8,12,14,16H,9-11H2,1-3H3. The van der Waals surface area contributed by atoms with E-state index in [0.29, 0.717) is 6.54 Å². The molecule has 0 bridgehead atoms. The maximum absolute atomic E-state index is 12.3. The second kappa shape index (κ2) is 6.17. The van der Waals surface area contributed by atoms with E-state index < -0.39 is 0 Å². The maximum Gasteiger partial charge on any atom is 0.237 e. The minimum absolute atomic E-state index is 0.208. The van der Waals surface area contributed by atoms with Crippen LogP contribution in [0.4, 0.5) is 0 Å². The molecule has 1 N–H and O–H groups in total. The van der Waals surface area contributed by atoms with Crippen LogP contribution in [0.3, 0.4) is 0 Å². The van der Waals surface area contributed by atoms with Crippen LogP contribution in [-0.2, 0) is 4.79 Å². The Kier molecular flexibility index (Phi) is 4.56. The molecule has 1 saturated heterocycles. The molecule has 1 aliphatic rings. The lowest BCUT2D eigenvalue weighted by Gasteiger charge is -2.39. The van der Waals surface area contributed by atoms with Crippen molar-refractivity contribution in [1.29, 1.82) is 0 Å². The SMILES string of the molecule is CC1CNC(c2ccccc2)CN1C(=O)CN(C)C. The molecule has 0 saturated carbocycles. The number of rotatable bonds is 3. The van der Waals surface area contributed by atoms with E-state index in [0.717, 1.165) is 13.1 Å². The van der Waals surface area contributed by atoms with Crippen molar-refractivity contribution in [3.63, 3.8) is 0 Å². The highest BCUT2D eigenvalue weighted by Gasteiger charge is 2.29. The Morgan fingerprint density at radius 1 is 1.37 bits per heavy atom. The van der Waals surface area contributed by atoms with Crippen LogP contribution in [-0.4, -0.2) is 55.5 Å². The maximum atomic E-state index is 12.3. The van der Waals surface area contributed by atoms with Crippen LogP contribution in [0.5, 0.6) is 0 Å². The number of hydrogen-bond acceptors (Lipinski definition) is 3. The first-order valence-electron chi connectivity index (χ1n) is 6.80. The Balaban J connectivity index is 2.06. The Morgan fingerprint density at radius 2 is 2.05 bits per heavy atom. The van der Waals surface area contributed by atoms with Crippen LogP contribution >= 0.6 is 0 Å². The summed E-state index contributed by atoms with van der Waals surface area (Å²) < 4.78 is 0. The van der Waals surface area contributed by atoms with Crippen LogP contribution in [0.25, 0.3) is 0 Å². The molecule has 19 heavy (non-hydrogen) atoms. The second-order valence-electron chi connectivity index (χ2n) is 5.50. The summed E-state index contributed by atoms with van der Waals surface area (Å²) >= 11 is 0. The van der Waals surface area contributed by atoms with E-state index >= 15 is 0 Å². The molecular formula is C15H23N3O. The number of nitrogens with zero attached hydrogens (tertiary/aromatic N) is 2. The number of piperazine rings is 1. The van der Waals surface area contributed by atoms with Gasteiger partial charge >= 0.3 is 0 Å². The molecule has 1 fully saturated rings. The lowest BCUT2D eigenvalue weighted by molar-refractivity contribution is -0.135. The van der Waals surface area contributed by atoms with Gasteiger partial charge in [0.15, 0.2) is 0 Å². The fourth-order valence-corrected chi connectivity index (χ4v) is 2.48. The predicted molar refractivity (Wildman–Crippen MR) is 76.9 cm³/mol. The predicted octanol–water partition coefficient (Wildman–Crippen LogP) is 1.11. The first-order chi connectivity index (χ1) is 9.08. The lowest BCUT2D eigenvalue weighted by Crippen LogP contribution is -2.55. The van der Waals surface area contributed by atoms with Crippen molar-refractivity contribution >= 4 is 5.91 Å². The number of nitrogens with one attached hydrogen (secondary N) is 1. The fraction of sp³-hybridized carbons (Fsp3) is 0.533. The second-order valence-corrected chi connectivity index (χ2v) is 5.50. The summed E-state index contributed by atoms with van der Waals surface area (Å²) in [5.74, 6) is 0.208. The molecule has 4 heteroatoms. The molecule has 1 aromatic carbocycles. The normalized spacial score (nSPS) is 23.7. The number of carbonyl (C=O) groups excluding carboxylic acids is 1. The molecule has 1 aliphatic heterocycles. The molecule has 4 nitrogen and oxygen atoms in total. The van der Waals surface area contributed by atoms with Crippen molar-refractivity contribution in [2.45, 2.75) is 19.0 Å². The molecule has 1 aromatic rings. The highest BCUT2D eigenvalue weighted by atomic mass is 16.2. The molecule has 1 amide bonds. The van der Waals surface area contributed by atoms with Gasteiger partial charge in [-0.2, -0.15) is 0 Å². The van der Waals surface area contributed by atoms with Crippen molar-refractivity contribution in [1.82, 2.24) is 15.1 Å². The van der Waals surface area contributed by atoms with Crippen LogP contribution in [0, 0.1) is 0 Å². The van der Waals surface area contributed by atoms with Crippen molar-refractivity contribution in [3.8, 4) is 0 Å². The summed E-state index contributed by atoms with van der Waals surface area (Å²) in [6.07, 6.45) is 0. The first kappa shape index (κ1) is 14.0. The molecule has 2 rings (SSSR count). The molecule has 0 aromatic heterocycles. The van der Waals surface area contributed by atoms with E-state index in [1.54, 1.807) is 0 Å². The van der Waals surface area contributed by atoms with Gasteiger partial charge in [0.2, 0.25) is 5.91 Å². The van der Waals surface area contributed by atoms with Gasteiger partial charge in [-0.3, -0.25) is 4.79 Å². The summed E-state index contributed by atoms with van der Waals surface area (Å²) in [6, 6.07) is 10.8. The first-order valence-corrected chi connectivity index (χ1v) is 6.80. The molecule has 0 aliphatic carbocycles. The monoisotopic (exact) mass is 261 g/mol. The quantitative estimate of drug-likeness (QED) is 0.885. The van der Waals surface area contributed by atoms with Crippen LogP contribution in [0.2, 0.25) is 0 Å². The molecule has 1 heterocycles. The summed E-state index contributed by atoms with van der Waals surface area (Å²) in [5.41, 5.74) is 1.25. The summed E-state index contributed by atoms with van der Waals surface area (Å²) in [5, 5.41) is 3.52. The Bertz CT molecular complexity index is 419. The van der Waals surface area contributed by atoms with Gasteiger partial charge < -0.3 is 15.1 Å². The van der Waals surface area contributed by atoms with Crippen LogP contribution in [0.1, 0.15) is 18.5 Å². The van der Waals surface area contributed by atoms with Gasteiger partial charge in [-0.1, -0.05) is 30.3 Å². The zero-order valence-electron chi connectivity index (χ0n) is 12.0. The average molecular weight is 261 g/mol. The third-order valence-electron chi connectivity index (χ3n) is 3.54. The Labute approximate surface area is 115 Å². The third kappa shape index (κ3) is 3.55.